The zero-order valence-electron chi connectivity index (χ0n) is 19.2. The average Bonchev–Trinajstić information content (AvgIpc) is 3.13. The number of imide groups is 1. The van der Waals surface area contributed by atoms with Gasteiger partial charge in [-0.05, 0) is 67.1 Å². The Morgan fingerprint density at radius 2 is 1.74 bits per heavy atom. The molecule has 0 aromatic heterocycles. The normalized spacial score (nSPS) is 14.5. The molecule has 7 heteroatoms. The zero-order valence-corrected chi connectivity index (χ0v) is 20.0. The fraction of sp³-hybridized carbons (Fsp3) is 0.143. The maximum Gasteiger partial charge on any atom is 0.298 e. The minimum Gasteiger partial charge on any atom is -0.490 e. The molecule has 0 radical (unpaired) electrons. The molecule has 178 valence electrons. The monoisotopic (exact) mass is 489 g/mol. The molecule has 5 nitrogen and oxygen atoms in total. The second-order valence-electron chi connectivity index (χ2n) is 7.67. The smallest absolute Gasteiger partial charge is 0.298 e. The number of rotatable bonds is 9. The second-order valence-corrected chi connectivity index (χ2v) is 8.66. The predicted molar refractivity (Wildman–Crippen MR) is 137 cm³/mol. The summed E-state index contributed by atoms with van der Waals surface area (Å²) < 4.78 is 25.9. The molecule has 4 rings (SSSR count). The standard InChI is InChI=1S/C28H24FNO4S/c1-3-10-20-15-19(17-25-27(31)30(28(32)35-25)22-12-6-5-7-13-22)16-24(33-4-2)26(20)34-18-21-11-8-9-14-23(21)29/h3,5-9,11-17H,1,4,10,18H2,2H3/b25-17-. The van der Waals surface area contributed by atoms with Crippen LogP contribution in [0.2, 0.25) is 0 Å². The fourth-order valence-corrected chi connectivity index (χ4v) is 4.53. The summed E-state index contributed by atoms with van der Waals surface area (Å²) in [6.07, 6.45) is 3.87. The van der Waals surface area contributed by atoms with Gasteiger partial charge in [-0.1, -0.05) is 42.5 Å². The number of carbonyl (C=O) groups excluding carboxylic acids is 2. The van der Waals surface area contributed by atoms with E-state index in [0.717, 1.165) is 22.2 Å². The highest BCUT2D eigenvalue weighted by Gasteiger charge is 2.36. The number of allylic oxidation sites excluding steroid dienone is 1. The number of ether oxygens (including phenoxy) is 2. The molecular weight excluding hydrogens is 465 g/mol. The largest absolute Gasteiger partial charge is 0.490 e. The molecule has 1 fully saturated rings. The lowest BCUT2D eigenvalue weighted by atomic mass is 10.0. The van der Waals surface area contributed by atoms with E-state index in [1.54, 1.807) is 60.7 Å². The number of anilines is 1. The van der Waals surface area contributed by atoms with E-state index in [0.29, 0.717) is 46.2 Å². The number of amides is 2. The van der Waals surface area contributed by atoms with Gasteiger partial charge in [0.05, 0.1) is 17.2 Å². The highest BCUT2D eigenvalue weighted by molar-refractivity contribution is 8.19. The molecule has 35 heavy (non-hydrogen) atoms. The van der Waals surface area contributed by atoms with Crippen LogP contribution in [0.3, 0.4) is 0 Å². The van der Waals surface area contributed by atoms with Crippen molar-refractivity contribution in [3.63, 3.8) is 0 Å². The summed E-state index contributed by atoms with van der Waals surface area (Å²) in [6, 6.07) is 18.9. The minimum absolute atomic E-state index is 0.0339. The van der Waals surface area contributed by atoms with Gasteiger partial charge in [0.15, 0.2) is 11.5 Å². The van der Waals surface area contributed by atoms with E-state index in [-0.39, 0.29) is 23.6 Å². The lowest BCUT2D eigenvalue weighted by molar-refractivity contribution is -0.113. The lowest BCUT2D eigenvalue weighted by Gasteiger charge is -2.17. The first kappa shape index (κ1) is 24.3. The number of hydrogen-bond donors (Lipinski definition) is 0. The molecule has 2 amide bonds. The van der Waals surface area contributed by atoms with Gasteiger partial charge in [0.1, 0.15) is 12.4 Å². The fourth-order valence-electron chi connectivity index (χ4n) is 3.68. The van der Waals surface area contributed by atoms with E-state index in [1.807, 2.05) is 19.1 Å². The molecule has 3 aromatic rings. The Hall–Kier alpha value is -3.84. The number of para-hydroxylation sites is 1. The van der Waals surface area contributed by atoms with E-state index < -0.39 is 0 Å². The highest BCUT2D eigenvalue weighted by Crippen LogP contribution is 2.39. The first-order valence-electron chi connectivity index (χ1n) is 11.1. The molecule has 0 atom stereocenters. The van der Waals surface area contributed by atoms with Crippen LogP contribution in [0.4, 0.5) is 14.9 Å². The van der Waals surface area contributed by atoms with Gasteiger partial charge in [-0.2, -0.15) is 0 Å². The summed E-state index contributed by atoms with van der Waals surface area (Å²) in [7, 11) is 0. The SMILES string of the molecule is C=CCc1cc(/C=C2\SC(=O)N(c3ccccc3)C2=O)cc(OCC)c1OCc1ccccc1F. The number of hydrogen-bond acceptors (Lipinski definition) is 5. The van der Waals surface area contributed by atoms with Crippen molar-refractivity contribution < 1.29 is 23.5 Å². The summed E-state index contributed by atoms with van der Waals surface area (Å²) in [5.41, 5.74) is 2.41. The Morgan fingerprint density at radius 1 is 1.00 bits per heavy atom. The van der Waals surface area contributed by atoms with Crippen LogP contribution in [0.15, 0.2) is 84.3 Å². The van der Waals surface area contributed by atoms with Crippen molar-refractivity contribution >= 4 is 34.7 Å². The minimum atomic E-state index is -0.380. The Labute approximate surface area is 207 Å². The molecular formula is C28H24FNO4S. The molecule has 0 saturated carbocycles. The van der Waals surface area contributed by atoms with Gasteiger partial charge >= 0.3 is 0 Å². The summed E-state index contributed by atoms with van der Waals surface area (Å²) in [6.45, 7) is 6.10. The van der Waals surface area contributed by atoms with Crippen LogP contribution in [-0.2, 0) is 17.8 Å². The van der Waals surface area contributed by atoms with Crippen molar-refractivity contribution in [2.75, 3.05) is 11.5 Å². The summed E-state index contributed by atoms with van der Waals surface area (Å²) in [4.78, 5) is 27.0. The van der Waals surface area contributed by atoms with Crippen molar-refractivity contribution in [1.29, 1.82) is 0 Å². The Bertz CT molecular complexity index is 1290. The number of nitrogens with zero attached hydrogens (tertiary/aromatic N) is 1. The lowest BCUT2D eigenvalue weighted by Crippen LogP contribution is -2.27. The van der Waals surface area contributed by atoms with Crippen LogP contribution in [0.1, 0.15) is 23.6 Å². The maximum atomic E-state index is 14.1. The summed E-state index contributed by atoms with van der Waals surface area (Å²) >= 11 is 0.888. The molecule has 1 aliphatic rings. The van der Waals surface area contributed by atoms with E-state index >= 15 is 0 Å². The second kappa shape index (κ2) is 11.1. The maximum absolute atomic E-state index is 14.1. The van der Waals surface area contributed by atoms with Gasteiger partial charge in [-0.3, -0.25) is 9.59 Å². The van der Waals surface area contributed by atoms with E-state index in [9.17, 15) is 14.0 Å². The number of thioether (sulfide) groups is 1. The van der Waals surface area contributed by atoms with Gasteiger partial charge in [0, 0.05) is 11.1 Å². The third kappa shape index (κ3) is 5.46. The molecule has 1 heterocycles. The van der Waals surface area contributed by atoms with Crippen molar-refractivity contribution in [1.82, 2.24) is 0 Å². The Balaban J connectivity index is 1.67. The topological polar surface area (TPSA) is 55.8 Å². The summed E-state index contributed by atoms with van der Waals surface area (Å²) in [5.74, 6) is 0.233. The number of halogens is 1. The molecule has 0 spiro atoms. The van der Waals surface area contributed by atoms with Crippen LogP contribution in [0.25, 0.3) is 6.08 Å². The van der Waals surface area contributed by atoms with Crippen LogP contribution in [0, 0.1) is 5.82 Å². The van der Waals surface area contributed by atoms with Gasteiger partial charge in [-0.15, -0.1) is 6.58 Å². The van der Waals surface area contributed by atoms with Gasteiger partial charge in [-0.25, -0.2) is 9.29 Å². The zero-order chi connectivity index (χ0) is 24.8. The molecule has 0 unspecified atom stereocenters. The predicted octanol–water partition coefficient (Wildman–Crippen LogP) is 6.77. The number of carbonyl (C=O) groups is 2. The van der Waals surface area contributed by atoms with Crippen LogP contribution in [-0.4, -0.2) is 17.8 Å². The molecule has 0 N–H and O–H groups in total. The van der Waals surface area contributed by atoms with Gasteiger partial charge < -0.3 is 9.47 Å². The average molecular weight is 490 g/mol. The van der Waals surface area contributed by atoms with Crippen molar-refractivity contribution in [2.24, 2.45) is 0 Å². The van der Waals surface area contributed by atoms with Crippen LogP contribution >= 0.6 is 11.8 Å². The molecule has 0 bridgehead atoms. The molecule has 0 aliphatic carbocycles. The quantitative estimate of drug-likeness (QED) is 0.245. The van der Waals surface area contributed by atoms with Gasteiger partial charge in [0.2, 0.25) is 0 Å². The third-order valence-electron chi connectivity index (χ3n) is 5.25. The van der Waals surface area contributed by atoms with E-state index in [4.69, 9.17) is 9.47 Å². The molecule has 1 aliphatic heterocycles. The van der Waals surface area contributed by atoms with E-state index in [1.165, 1.54) is 6.07 Å². The van der Waals surface area contributed by atoms with E-state index in [2.05, 4.69) is 6.58 Å². The highest BCUT2D eigenvalue weighted by atomic mass is 32.2. The summed E-state index contributed by atoms with van der Waals surface area (Å²) in [5, 5.41) is -0.353. The first-order valence-corrected chi connectivity index (χ1v) is 11.9. The van der Waals surface area contributed by atoms with Crippen LogP contribution < -0.4 is 14.4 Å². The number of benzene rings is 3. The van der Waals surface area contributed by atoms with Crippen molar-refractivity contribution in [2.45, 2.75) is 20.0 Å². The van der Waals surface area contributed by atoms with Crippen molar-refractivity contribution in [3.8, 4) is 11.5 Å². The van der Waals surface area contributed by atoms with Crippen LogP contribution in [0.5, 0.6) is 11.5 Å². The van der Waals surface area contributed by atoms with Crippen molar-refractivity contribution in [3.05, 3.63) is 107 Å². The van der Waals surface area contributed by atoms with Gasteiger partial charge in [0.25, 0.3) is 11.1 Å². The Morgan fingerprint density at radius 3 is 2.46 bits per heavy atom. The molecule has 3 aromatic carbocycles. The molecule has 1 saturated heterocycles. The third-order valence-corrected chi connectivity index (χ3v) is 6.12. The first-order chi connectivity index (χ1) is 17.0. The Kier molecular flexibility index (Phi) is 7.67.